The van der Waals surface area contributed by atoms with Crippen molar-refractivity contribution in [2.24, 2.45) is 0 Å². The van der Waals surface area contributed by atoms with E-state index < -0.39 is 0 Å². The predicted octanol–water partition coefficient (Wildman–Crippen LogP) is 2.56. The van der Waals surface area contributed by atoms with Crippen molar-refractivity contribution >= 4 is 5.91 Å². The summed E-state index contributed by atoms with van der Waals surface area (Å²) in [4.78, 5) is 16.9. The number of para-hydroxylation sites is 1. The first kappa shape index (κ1) is 18.2. The lowest BCUT2D eigenvalue weighted by Crippen LogP contribution is -2.35. The average molecular weight is 354 g/mol. The zero-order valence-corrected chi connectivity index (χ0v) is 15.3. The predicted molar refractivity (Wildman–Crippen MR) is 101 cm³/mol. The number of rotatable bonds is 6. The molecule has 26 heavy (non-hydrogen) atoms. The molecule has 6 nitrogen and oxygen atoms in total. The van der Waals surface area contributed by atoms with Crippen molar-refractivity contribution in [2.45, 2.75) is 20.1 Å². The summed E-state index contributed by atoms with van der Waals surface area (Å²) in [6.45, 7) is 10.3. The molecule has 0 bridgehead atoms. The minimum Gasteiger partial charge on any atom is -0.471 e. The normalized spacial score (nSPS) is 15.5. The van der Waals surface area contributed by atoms with Gasteiger partial charge in [-0.3, -0.25) is 9.69 Å². The van der Waals surface area contributed by atoms with Gasteiger partial charge in [0.25, 0.3) is 5.91 Å². The number of aryl methyl sites for hydroxylation is 1. The van der Waals surface area contributed by atoms with Gasteiger partial charge >= 0.3 is 0 Å². The first-order chi connectivity index (χ1) is 12.7. The molecular formula is C20H26N4O2. The van der Waals surface area contributed by atoms with Crippen molar-refractivity contribution in [1.29, 1.82) is 0 Å². The Labute approximate surface area is 154 Å². The van der Waals surface area contributed by atoms with Gasteiger partial charge in [-0.2, -0.15) is 5.10 Å². The van der Waals surface area contributed by atoms with Crippen LogP contribution in [0.4, 0.5) is 0 Å². The van der Waals surface area contributed by atoms with E-state index in [1.807, 2.05) is 42.2 Å². The van der Waals surface area contributed by atoms with E-state index in [0.717, 1.165) is 50.5 Å². The Morgan fingerprint density at radius 3 is 2.88 bits per heavy atom. The molecule has 1 aliphatic rings. The minimum absolute atomic E-state index is 0.0138. The van der Waals surface area contributed by atoms with Crippen molar-refractivity contribution < 1.29 is 9.53 Å². The molecule has 6 heteroatoms. The van der Waals surface area contributed by atoms with Crippen molar-refractivity contribution in [3.63, 3.8) is 0 Å². The number of hydrogen-bond acceptors (Lipinski definition) is 4. The third kappa shape index (κ3) is 4.52. The van der Waals surface area contributed by atoms with Crippen LogP contribution < -0.4 is 4.74 Å². The second-order valence-corrected chi connectivity index (χ2v) is 6.51. The lowest BCUT2D eigenvalue weighted by molar-refractivity contribution is 0.0754. The van der Waals surface area contributed by atoms with Gasteiger partial charge in [0.1, 0.15) is 5.75 Å². The summed E-state index contributed by atoms with van der Waals surface area (Å²) in [6, 6.07) is 9.61. The highest BCUT2D eigenvalue weighted by Gasteiger charge is 2.21. The highest BCUT2D eigenvalue weighted by molar-refractivity contribution is 5.92. The largest absolute Gasteiger partial charge is 0.471 e. The summed E-state index contributed by atoms with van der Waals surface area (Å²) in [6.07, 6.45) is 4.66. The number of hydrogen-bond donors (Lipinski definition) is 0. The molecule has 1 aromatic carbocycles. The summed E-state index contributed by atoms with van der Waals surface area (Å²) < 4.78 is 7.44. The van der Waals surface area contributed by atoms with Crippen LogP contribution in [0, 0.1) is 6.92 Å². The first-order valence-corrected chi connectivity index (χ1v) is 9.02. The number of amides is 1. The topological polar surface area (TPSA) is 50.6 Å². The molecule has 0 unspecified atom stereocenters. The number of nitrogens with zero attached hydrogens (tertiary/aromatic N) is 4. The molecule has 1 aromatic heterocycles. The second-order valence-electron chi connectivity index (χ2n) is 6.51. The maximum absolute atomic E-state index is 12.7. The Morgan fingerprint density at radius 1 is 1.23 bits per heavy atom. The Balaban J connectivity index is 1.57. The molecule has 0 spiro atoms. The summed E-state index contributed by atoms with van der Waals surface area (Å²) in [5, 5.41) is 4.39. The van der Waals surface area contributed by atoms with Gasteiger partial charge < -0.3 is 9.64 Å². The Hall–Kier alpha value is -2.60. The molecule has 1 fully saturated rings. The molecule has 0 radical (unpaired) electrons. The SMILES string of the molecule is C=CCN1CCCN(C(=O)c2ccn(COc3ccccc3C)n2)CC1. The van der Waals surface area contributed by atoms with Crippen LogP contribution in [0.25, 0.3) is 0 Å². The van der Waals surface area contributed by atoms with Gasteiger partial charge in [0.2, 0.25) is 0 Å². The molecule has 0 saturated carbocycles. The minimum atomic E-state index is -0.0138. The van der Waals surface area contributed by atoms with Gasteiger partial charge in [0.05, 0.1) is 0 Å². The second kappa shape index (κ2) is 8.67. The zero-order valence-electron chi connectivity index (χ0n) is 15.3. The molecule has 3 rings (SSSR count). The van der Waals surface area contributed by atoms with Crippen LogP contribution in [0.2, 0.25) is 0 Å². The van der Waals surface area contributed by atoms with Crippen LogP contribution in [-0.4, -0.2) is 58.2 Å². The van der Waals surface area contributed by atoms with Crippen molar-refractivity contribution in [3.8, 4) is 5.75 Å². The van der Waals surface area contributed by atoms with Crippen molar-refractivity contribution in [3.05, 3.63) is 60.4 Å². The maximum atomic E-state index is 12.7. The molecule has 138 valence electrons. The lowest BCUT2D eigenvalue weighted by Gasteiger charge is -2.20. The molecule has 0 atom stereocenters. The van der Waals surface area contributed by atoms with Gasteiger partial charge in [0.15, 0.2) is 12.4 Å². The van der Waals surface area contributed by atoms with Crippen LogP contribution in [0.1, 0.15) is 22.5 Å². The standard InChI is InChI=1S/C20H26N4O2/c1-3-10-22-11-6-12-23(15-14-22)20(25)18-9-13-24(21-18)16-26-19-8-5-4-7-17(19)2/h3-5,7-9,13H,1,6,10-12,14-16H2,2H3. The third-order valence-corrected chi connectivity index (χ3v) is 4.57. The number of aromatic nitrogens is 2. The summed E-state index contributed by atoms with van der Waals surface area (Å²) in [5.74, 6) is 0.811. The van der Waals surface area contributed by atoms with Crippen LogP contribution in [-0.2, 0) is 6.73 Å². The van der Waals surface area contributed by atoms with Crippen LogP contribution in [0.3, 0.4) is 0 Å². The highest BCUT2D eigenvalue weighted by atomic mass is 16.5. The lowest BCUT2D eigenvalue weighted by atomic mass is 10.2. The summed E-state index contributed by atoms with van der Waals surface area (Å²) in [7, 11) is 0. The molecule has 0 N–H and O–H groups in total. The smallest absolute Gasteiger partial charge is 0.274 e. The summed E-state index contributed by atoms with van der Waals surface area (Å²) >= 11 is 0. The third-order valence-electron chi connectivity index (χ3n) is 4.57. The van der Waals surface area contributed by atoms with E-state index in [4.69, 9.17) is 4.74 Å². The Bertz CT molecular complexity index is 756. The Morgan fingerprint density at radius 2 is 2.08 bits per heavy atom. The molecule has 0 aliphatic carbocycles. The van der Waals surface area contributed by atoms with E-state index in [-0.39, 0.29) is 12.6 Å². The number of benzene rings is 1. The van der Waals surface area contributed by atoms with E-state index >= 15 is 0 Å². The molecule has 2 heterocycles. The fraction of sp³-hybridized carbons (Fsp3) is 0.400. The Kier molecular flexibility index (Phi) is 6.07. The van der Waals surface area contributed by atoms with Crippen LogP contribution in [0.5, 0.6) is 5.75 Å². The molecule has 1 aliphatic heterocycles. The van der Waals surface area contributed by atoms with E-state index in [1.54, 1.807) is 16.9 Å². The number of carbonyl (C=O) groups excluding carboxylic acids is 1. The molecule has 2 aromatic rings. The average Bonchev–Trinajstić information content (AvgIpc) is 3.00. The van der Waals surface area contributed by atoms with Gasteiger partial charge in [-0.25, -0.2) is 4.68 Å². The maximum Gasteiger partial charge on any atom is 0.274 e. The number of carbonyl (C=O) groups is 1. The van der Waals surface area contributed by atoms with E-state index in [1.165, 1.54) is 0 Å². The molecular weight excluding hydrogens is 328 g/mol. The highest BCUT2D eigenvalue weighted by Crippen LogP contribution is 2.16. The fourth-order valence-corrected chi connectivity index (χ4v) is 3.10. The van der Waals surface area contributed by atoms with Crippen molar-refractivity contribution in [1.82, 2.24) is 19.6 Å². The van der Waals surface area contributed by atoms with Crippen LogP contribution >= 0.6 is 0 Å². The quantitative estimate of drug-likeness (QED) is 0.748. The molecule has 1 saturated heterocycles. The fourth-order valence-electron chi connectivity index (χ4n) is 3.10. The van der Waals surface area contributed by atoms with E-state index in [9.17, 15) is 4.79 Å². The van der Waals surface area contributed by atoms with E-state index in [0.29, 0.717) is 5.69 Å². The number of ether oxygens (including phenoxy) is 1. The first-order valence-electron chi connectivity index (χ1n) is 9.02. The molecule has 1 amide bonds. The van der Waals surface area contributed by atoms with Crippen LogP contribution in [0.15, 0.2) is 49.2 Å². The van der Waals surface area contributed by atoms with Gasteiger partial charge in [-0.05, 0) is 31.0 Å². The van der Waals surface area contributed by atoms with Gasteiger partial charge in [-0.15, -0.1) is 6.58 Å². The monoisotopic (exact) mass is 354 g/mol. The van der Waals surface area contributed by atoms with Gasteiger partial charge in [0, 0.05) is 38.9 Å². The van der Waals surface area contributed by atoms with E-state index in [2.05, 4.69) is 16.6 Å². The van der Waals surface area contributed by atoms with Crippen molar-refractivity contribution in [2.75, 3.05) is 32.7 Å². The van der Waals surface area contributed by atoms with Gasteiger partial charge in [-0.1, -0.05) is 24.3 Å². The summed E-state index contributed by atoms with van der Waals surface area (Å²) in [5.41, 5.74) is 1.54. The zero-order chi connectivity index (χ0) is 18.4.